The van der Waals surface area contributed by atoms with E-state index in [9.17, 15) is 10.2 Å². The normalized spacial score (nSPS) is 45.4. The maximum atomic E-state index is 9.79. The summed E-state index contributed by atoms with van der Waals surface area (Å²) < 4.78 is 16.1. The molecule has 0 unspecified atom stereocenters. The van der Waals surface area contributed by atoms with Gasteiger partial charge in [0.2, 0.25) is 0 Å². The highest BCUT2D eigenvalue weighted by atomic mass is 16.8. The first-order chi connectivity index (χ1) is 6.94. The van der Waals surface area contributed by atoms with E-state index in [0.717, 1.165) is 0 Å². The molecule has 5 atom stereocenters. The van der Waals surface area contributed by atoms with Gasteiger partial charge in [-0.15, -0.1) is 0 Å². The van der Waals surface area contributed by atoms with E-state index in [0.29, 0.717) is 0 Å². The lowest BCUT2D eigenvalue weighted by Gasteiger charge is -2.24. The Hall–Kier alpha value is -0.240. The van der Waals surface area contributed by atoms with Crippen LogP contribution in [0.1, 0.15) is 13.8 Å². The third-order valence-corrected chi connectivity index (χ3v) is 2.62. The molecule has 2 fully saturated rings. The van der Waals surface area contributed by atoms with Crippen molar-refractivity contribution in [2.24, 2.45) is 0 Å². The molecule has 15 heavy (non-hydrogen) atoms. The fraction of sp³-hybridized carbons (Fsp3) is 1.00. The van der Waals surface area contributed by atoms with Crippen molar-refractivity contribution < 1.29 is 29.5 Å². The van der Waals surface area contributed by atoms with E-state index in [1.54, 1.807) is 13.8 Å². The summed E-state index contributed by atoms with van der Waals surface area (Å²) in [7, 11) is 0. The maximum Gasteiger partial charge on any atom is 0.190 e. The molecule has 3 N–H and O–H groups in total. The van der Waals surface area contributed by atoms with Gasteiger partial charge in [0.25, 0.3) is 0 Å². The van der Waals surface area contributed by atoms with Gasteiger partial charge < -0.3 is 29.5 Å². The number of ether oxygens (including phenoxy) is 3. The minimum Gasteiger partial charge on any atom is -0.394 e. The zero-order valence-electron chi connectivity index (χ0n) is 8.66. The minimum absolute atomic E-state index is 0.468. The van der Waals surface area contributed by atoms with Crippen molar-refractivity contribution in [2.75, 3.05) is 6.61 Å². The van der Waals surface area contributed by atoms with Gasteiger partial charge in [-0.05, 0) is 13.8 Å². The van der Waals surface area contributed by atoms with Crippen LogP contribution < -0.4 is 0 Å². The Labute approximate surface area is 87.4 Å². The summed E-state index contributed by atoms with van der Waals surface area (Å²) in [5.74, 6) is -0.786. The van der Waals surface area contributed by atoms with E-state index < -0.39 is 43.1 Å². The molecule has 0 spiro atoms. The molecule has 88 valence electrons. The highest BCUT2D eigenvalue weighted by Gasteiger charge is 2.55. The molecule has 0 aromatic heterocycles. The molecule has 2 aliphatic rings. The number of aliphatic hydroxyl groups excluding tert-OH is 3. The summed E-state index contributed by atoms with van der Waals surface area (Å²) in [4.78, 5) is 0. The monoisotopic (exact) mass is 220 g/mol. The van der Waals surface area contributed by atoms with Crippen LogP contribution in [-0.2, 0) is 14.2 Å². The van der Waals surface area contributed by atoms with E-state index in [4.69, 9.17) is 19.3 Å². The summed E-state index contributed by atoms with van der Waals surface area (Å²) in [6, 6.07) is 0. The van der Waals surface area contributed by atoms with Crippen LogP contribution in [-0.4, -0.2) is 58.4 Å². The van der Waals surface area contributed by atoms with Gasteiger partial charge in [0, 0.05) is 0 Å². The molecule has 0 radical (unpaired) electrons. The van der Waals surface area contributed by atoms with Crippen LogP contribution in [0.25, 0.3) is 0 Å². The Bertz CT molecular complexity index is 243. The fourth-order valence-electron chi connectivity index (χ4n) is 1.94. The summed E-state index contributed by atoms with van der Waals surface area (Å²) in [5, 5.41) is 27.9. The maximum absolute atomic E-state index is 9.79. The van der Waals surface area contributed by atoms with Crippen molar-refractivity contribution in [2.45, 2.75) is 50.3 Å². The molecular weight excluding hydrogens is 204 g/mol. The fourth-order valence-corrected chi connectivity index (χ4v) is 1.94. The molecule has 2 saturated heterocycles. The molecule has 0 amide bonds. The van der Waals surface area contributed by atoms with Gasteiger partial charge in [0.05, 0.1) is 6.61 Å². The Morgan fingerprint density at radius 2 is 2.00 bits per heavy atom. The zero-order chi connectivity index (χ0) is 11.2. The van der Waals surface area contributed by atoms with Crippen LogP contribution in [0.5, 0.6) is 0 Å². The van der Waals surface area contributed by atoms with Crippen molar-refractivity contribution in [3.63, 3.8) is 0 Å². The first kappa shape index (κ1) is 11.3. The molecule has 0 saturated carbocycles. The van der Waals surface area contributed by atoms with Gasteiger partial charge in [-0.2, -0.15) is 0 Å². The average molecular weight is 220 g/mol. The average Bonchev–Trinajstić information content (AvgIpc) is 2.60. The molecule has 2 heterocycles. The van der Waals surface area contributed by atoms with E-state index in [2.05, 4.69) is 0 Å². The lowest BCUT2D eigenvalue weighted by Crippen LogP contribution is -2.42. The summed E-state index contributed by atoms with van der Waals surface area (Å²) >= 11 is 0. The summed E-state index contributed by atoms with van der Waals surface area (Å²) in [5.41, 5.74) is 0. The lowest BCUT2D eigenvalue weighted by atomic mass is 10.1. The Balaban J connectivity index is 2.05. The molecular formula is C9H16O6. The second-order valence-electron chi connectivity index (χ2n) is 4.31. The number of hydrogen-bond donors (Lipinski definition) is 3. The molecule has 6 nitrogen and oxygen atoms in total. The minimum atomic E-state index is -1.12. The van der Waals surface area contributed by atoms with Gasteiger partial charge in [-0.25, -0.2) is 0 Å². The van der Waals surface area contributed by atoms with Crippen LogP contribution in [0, 0.1) is 0 Å². The van der Waals surface area contributed by atoms with Gasteiger partial charge in [0.1, 0.15) is 24.4 Å². The molecule has 0 aromatic carbocycles. The number of rotatable bonds is 2. The van der Waals surface area contributed by atoms with E-state index in [-0.39, 0.29) is 0 Å². The Kier molecular flexibility index (Phi) is 2.74. The number of hydrogen-bond acceptors (Lipinski definition) is 6. The smallest absolute Gasteiger partial charge is 0.190 e. The van der Waals surface area contributed by atoms with Crippen LogP contribution >= 0.6 is 0 Å². The second kappa shape index (κ2) is 3.65. The van der Waals surface area contributed by atoms with Crippen LogP contribution in [0.4, 0.5) is 0 Å². The molecule has 0 aromatic rings. The van der Waals surface area contributed by atoms with Gasteiger partial charge >= 0.3 is 0 Å². The van der Waals surface area contributed by atoms with Crippen LogP contribution in [0.3, 0.4) is 0 Å². The standard InChI is InChI=1S/C9H16O6/c1-9(2)14-7-5(12)6(4(11)3-10)13-8(7)15-9/h4-8,10-12H,3H2,1-2H3/t4-,5+,6-,7-,8-/m0/s1. The molecule has 0 aliphatic carbocycles. The van der Waals surface area contributed by atoms with Crippen molar-refractivity contribution in [3.8, 4) is 0 Å². The molecule has 0 bridgehead atoms. The first-order valence-electron chi connectivity index (χ1n) is 4.93. The SMILES string of the molecule is CC1(C)O[C@@H]2O[C@@H]([C@@H](O)CO)[C@@H](O)[C@@H]2O1. The number of fused-ring (bicyclic) bond motifs is 1. The van der Waals surface area contributed by atoms with Crippen molar-refractivity contribution in [1.82, 2.24) is 0 Å². The first-order valence-corrected chi connectivity index (χ1v) is 4.93. The summed E-state index contributed by atoms with van der Waals surface area (Å²) in [6.07, 6.45) is -4.26. The lowest BCUT2D eigenvalue weighted by molar-refractivity contribution is -0.227. The molecule has 2 aliphatic heterocycles. The van der Waals surface area contributed by atoms with Gasteiger partial charge in [0.15, 0.2) is 12.1 Å². The quantitative estimate of drug-likeness (QED) is 0.529. The highest BCUT2D eigenvalue weighted by Crippen LogP contribution is 2.38. The largest absolute Gasteiger partial charge is 0.394 e. The number of aliphatic hydroxyl groups is 3. The third-order valence-electron chi connectivity index (χ3n) is 2.62. The Morgan fingerprint density at radius 1 is 1.33 bits per heavy atom. The van der Waals surface area contributed by atoms with Crippen LogP contribution in [0.2, 0.25) is 0 Å². The topological polar surface area (TPSA) is 88.4 Å². The van der Waals surface area contributed by atoms with Crippen molar-refractivity contribution in [1.29, 1.82) is 0 Å². The Morgan fingerprint density at radius 3 is 2.53 bits per heavy atom. The highest BCUT2D eigenvalue weighted by molar-refractivity contribution is 4.95. The van der Waals surface area contributed by atoms with Gasteiger partial charge in [-0.3, -0.25) is 0 Å². The van der Waals surface area contributed by atoms with Gasteiger partial charge in [-0.1, -0.05) is 0 Å². The summed E-state index contributed by atoms with van der Waals surface area (Å²) in [6.45, 7) is 2.97. The van der Waals surface area contributed by atoms with E-state index in [1.807, 2.05) is 0 Å². The van der Waals surface area contributed by atoms with E-state index in [1.165, 1.54) is 0 Å². The van der Waals surface area contributed by atoms with Crippen molar-refractivity contribution in [3.05, 3.63) is 0 Å². The van der Waals surface area contributed by atoms with Crippen molar-refractivity contribution >= 4 is 0 Å². The predicted molar refractivity (Wildman–Crippen MR) is 47.8 cm³/mol. The zero-order valence-corrected chi connectivity index (χ0v) is 8.66. The van der Waals surface area contributed by atoms with Crippen LogP contribution in [0.15, 0.2) is 0 Å². The molecule has 6 heteroatoms. The van der Waals surface area contributed by atoms with E-state index >= 15 is 0 Å². The predicted octanol–water partition coefficient (Wildman–Crippen LogP) is -1.42. The third kappa shape index (κ3) is 1.89. The second-order valence-corrected chi connectivity index (χ2v) is 4.31. The molecule has 2 rings (SSSR count).